The molecule has 0 bridgehead atoms. The first-order valence-electron chi connectivity index (χ1n) is 20.0. The first-order valence-corrected chi connectivity index (χ1v) is 21.6. The van der Waals surface area contributed by atoms with Gasteiger partial charge in [0, 0.05) is 52.5 Å². The summed E-state index contributed by atoms with van der Waals surface area (Å²) < 4.78 is 99.2. The van der Waals surface area contributed by atoms with E-state index < -0.39 is 36.4 Å². The largest absolute Gasteiger partial charge is 0.573 e. The maximum atomic E-state index is 12.7. The van der Waals surface area contributed by atoms with Crippen molar-refractivity contribution in [3.63, 3.8) is 0 Å². The van der Waals surface area contributed by atoms with Crippen molar-refractivity contribution in [1.29, 1.82) is 0 Å². The number of rotatable bonds is 15. The van der Waals surface area contributed by atoms with Crippen molar-refractivity contribution in [2.75, 3.05) is 60.8 Å². The Morgan fingerprint density at radius 2 is 1.22 bits per heavy atom. The van der Waals surface area contributed by atoms with Gasteiger partial charge in [-0.1, -0.05) is 34.5 Å². The van der Waals surface area contributed by atoms with Crippen LogP contribution in [0.1, 0.15) is 30.1 Å². The van der Waals surface area contributed by atoms with Crippen LogP contribution in [0.15, 0.2) is 85.2 Å². The molecule has 362 valence electrons. The number of aliphatic hydroxyl groups is 1. The van der Waals surface area contributed by atoms with Crippen LogP contribution in [0.5, 0.6) is 21.9 Å². The number of methoxy groups -OCH3 is 1. The summed E-state index contributed by atoms with van der Waals surface area (Å²) in [6.45, 7) is 2.74. The van der Waals surface area contributed by atoms with Crippen LogP contribution >= 0.6 is 22.7 Å². The van der Waals surface area contributed by atoms with Gasteiger partial charge >= 0.3 is 12.7 Å². The summed E-state index contributed by atoms with van der Waals surface area (Å²) in [7, 11) is 2.26. The number of amides is 2. The summed E-state index contributed by atoms with van der Waals surface area (Å²) in [5, 5.41) is 44.7. The maximum Gasteiger partial charge on any atom is 0.573 e. The van der Waals surface area contributed by atoms with E-state index in [0.29, 0.717) is 23.8 Å². The summed E-state index contributed by atoms with van der Waals surface area (Å²) in [5.41, 5.74) is 0.540. The number of alkyl halides is 6. The van der Waals surface area contributed by atoms with E-state index in [1.165, 1.54) is 31.4 Å². The monoisotopic (exact) mass is 994 g/mol. The van der Waals surface area contributed by atoms with Gasteiger partial charge in [0.1, 0.15) is 23.7 Å². The number of aromatic nitrogens is 8. The number of hydrogen-bond donors (Lipinski definition) is 3. The average molecular weight is 995 g/mol. The number of anilines is 4. The molecular formula is C40H40F6N12O8S2. The zero-order valence-corrected chi connectivity index (χ0v) is 37.3. The maximum absolute atomic E-state index is 12.7. The van der Waals surface area contributed by atoms with E-state index >= 15 is 0 Å². The summed E-state index contributed by atoms with van der Waals surface area (Å²) in [6, 6.07) is 17.6. The average Bonchev–Trinajstić information content (AvgIpc) is 4.15. The number of halogens is 6. The summed E-state index contributed by atoms with van der Waals surface area (Å²) >= 11 is 2.10. The Balaban J connectivity index is 0.000000216. The quantitative estimate of drug-likeness (QED) is 0.102. The Morgan fingerprint density at radius 1 is 0.706 bits per heavy atom. The lowest BCUT2D eigenvalue weighted by Gasteiger charge is -2.16. The second-order valence-corrected chi connectivity index (χ2v) is 15.9. The van der Waals surface area contributed by atoms with Crippen LogP contribution < -0.4 is 39.4 Å². The first-order chi connectivity index (χ1) is 32.6. The molecular weight excluding hydrogens is 955 g/mol. The third-order valence-corrected chi connectivity index (χ3v) is 10.7. The van der Waals surface area contributed by atoms with Gasteiger partial charge in [0.2, 0.25) is 16.2 Å². The third kappa shape index (κ3) is 15.5. The van der Waals surface area contributed by atoms with Crippen molar-refractivity contribution in [3.8, 4) is 21.9 Å². The zero-order chi connectivity index (χ0) is 48.7. The topological polar surface area (TPSA) is 234 Å². The minimum atomic E-state index is -4.85. The fourth-order valence-electron chi connectivity index (χ4n) is 6.53. The van der Waals surface area contributed by atoms with E-state index in [-0.39, 0.29) is 45.4 Å². The Morgan fingerprint density at radius 3 is 1.72 bits per heavy atom. The fourth-order valence-corrected chi connectivity index (χ4v) is 7.87. The van der Waals surface area contributed by atoms with Gasteiger partial charge in [0.05, 0.1) is 19.5 Å². The number of benzene rings is 2. The van der Waals surface area contributed by atoms with Crippen molar-refractivity contribution in [2.45, 2.75) is 50.3 Å². The predicted octanol–water partition coefficient (Wildman–Crippen LogP) is 5.88. The molecule has 2 fully saturated rings. The standard InChI is InChI=1S/C20H19F3N6O4S.C19H17F3N6O3S.CH4O/c1-31-16(12-4-2-5-13(10-12)33-20(21,22)23)17(30)25-18-27-28-19(34-18)32-14-7-9-29(11-14)15-6-3-8-24-26-15;20-19(21,22)31-13-4-1-3-12(9-13)10-16(29)24-17-26-27-18(32-17)30-14-6-8-28(11-14)15-5-2-7-23-25-15;1-2/h2-6,8,10,14,16H,7,9,11H2,1H3,(H,25,27,30);1-5,7,9,14H,6,8,10-11H2,(H,24,26,29);2H,1H3. The predicted molar refractivity (Wildman–Crippen MR) is 231 cm³/mol. The molecule has 2 amide bonds. The summed E-state index contributed by atoms with van der Waals surface area (Å²) in [5.74, 6) is -0.404. The smallest absolute Gasteiger partial charge is 0.464 e. The number of ether oxygens (including phenoxy) is 5. The van der Waals surface area contributed by atoms with Gasteiger partial charge in [0.15, 0.2) is 17.7 Å². The summed E-state index contributed by atoms with van der Waals surface area (Å²) in [4.78, 5) is 29.0. The Kier molecular flexibility index (Phi) is 17.5. The van der Waals surface area contributed by atoms with Crippen LogP contribution in [-0.2, 0) is 20.7 Å². The van der Waals surface area contributed by atoms with E-state index in [2.05, 4.69) is 65.8 Å². The van der Waals surface area contributed by atoms with E-state index in [0.717, 1.165) is 91.6 Å². The number of nitrogens with zero attached hydrogens (tertiary/aromatic N) is 10. The minimum Gasteiger partial charge on any atom is -0.464 e. The van der Waals surface area contributed by atoms with Gasteiger partial charge in [-0.15, -0.1) is 46.7 Å². The van der Waals surface area contributed by atoms with E-state index in [4.69, 9.17) is 19.3 Å². The minimum absolute atomic E-state index is 0.107. The lowest BCUT2D eigenvalue weighted by Crippen LogP contribution is -2.25. The fraction of sp³-hybridized carbons (Fsp3) is 0.350. The van der Waals surface area contributed by atoms with Crippen molar-refractivity contribution in [1.82, 2.24) is 40.8 Å². The van der Waals surface area contributed by atoms with Crippen molar-refractivity contribution in [2.24, 2.45) is 0 Å². The molecule has 20 nitrogen and oxygen atoms in total. The van der Waals surface area contributed by atoms with Gasteiger partial charge in [-0.2, -0.15) is 10.2 Å². The Labute approximate surface area is 390 Å². The van der Waals surface area contributed by atoms with E-state index in [1.54, 1.807) is 12.4 Å². The normalized spacial score (nSPS) is 16.1. The molecule has 28 heteroatoms. The zero-order valence-electron chi connectivity index (χ0n) is 35.6. The van der Waals surface area contributed by atoms with E-state index in [9.17, 15) is 35.9 Å². The highest BCUT2D eigenvalue weighted by molar-refractivity contribution is 7.17. The molecule has 2 aromatic carbocycles. The lowest BCUT2D eigenvalue weighted by atomic mass is 10.1. The molecule has 6 aromatic rings. The molecule has 3 N–H and O–H groups in total. The molecule has 0 radical (unpaired) electrons. The van der Waals surface area contributed by atoms with Crippen molar-refractivity contribution >= 4 is 56.4 Å². The highest BCUT2D eigenvalue weighted by atomic mass is 32.1. The van der Waals surface area contributed by atoms with Crippen LogP contribution in [0, 0.1) is 0 Å². The van der Waals surface area contributed by atoms with Gasteiger partial charge in [0.25, 0.3) is 16.3 Å². The first kappa shape index (κ1) is 50.4. The molecule has 3 atom stereocenters. The van der Waals surface area contributed by atoms with Crippen LogP contribution in [0.2, 0.25) is 0 Å². The van der Waals surface area contributed by atoms with Gasteiger partial charge < -0.3 is 43.9 Å². The molecule has 3 unspecified atom stereocenters. The molecule has 2 aliphatic heterocycles. The lowest BCUT2D eigenvalue weighted by molar-refractivity contribution is -0.275. The number of hydrogen-bond acceptors (Lipinski definition) is 20. The number of carbonyl (C=O) groups is 2. The van der Waals surface area contributed by atoms with Crippen LogP contribution in [0.25, 0.3) is 0 Å². The molecule has 0 spiro atoms. The summed E-state index contributed by atoms with van der Waals surface area (Å²) in [6.07, 6.45) is -6.50. The molecule has 8 rings (SSSR count). The highest BCUT2D eigenvalue weighted by Gasteiger charge is 2.33. The third-order valence-electron chi connectivity index (χ3n) is 9.24. The highest BCUT2D eigenvalue weighted by Crippen LogP contribution is 2.31. The van der Waals surface area contributed by atoms with Gasteiger partial charge in [-0.3, -0.25) is 14.9 Å². The Hall–Kier alpha value is -7.04. The van der Waals surface area contributed by atoms with Gasteiger partial charge in [-0.05, 0) is 82.3 Å². The van der Waals surface area contributed by atoms with Crippen molar-refractivity contribution in [3.05, 3.63) is 96.3 Å². The van der Waals surface area contributed by atoms with Crippen LogP contribution in [0.4, 0.5) is 48.2 Å². The number of carbonyl (C=O) groups excluding carboxylic acids is 2. The molecule has 2 aliphatic rings. The molecule has 0 aliphatic carbocycles. The molecule has 0 saturated carbocycles. The SMILES string of the molecule is CO.COC(C(=O)Nc1nnc(OC2CCN(c3cccnn3)C2)s1)c1cccc(OC(F)(F)F)c1.O=C(Cc1cccc(OC(F)(F)F)c1)Nc1nnc(OC2CCN(c3cccnn3)C2)s1. The number of nitrogens with one attached hydrogen (secondary N) is 2. The number of aliphatic hydroxyl groups excluding tert-OH is 1. The molecule has 4 aromatic heterocycles. The Bertz CT molecular complexity index is 2530. The van der Waals surface area contributed by atoms with Crippen LogP contribution in [-0.4, -0.2) is 123 Å². The second-order valence-electron chi connectivity index (χ2n) is 14.0. The van der Waals surface area contributed by atoms with E-state index in [1.807, 2.05) is 29.2 Å². The second kappa shape index (κ2) is 23.6. The molecule has 2 saturated heterocycles. The van der Waals surface area contributed by atoms with Gasteiger partial charge in [-0.25, -0.2) is 0 Å². The van der Waals surface area contributed by atoms with Crippen LogP contribution in [0.3, 0.4) is 0 Å². The molecule has 6 heterocycles. The molecule has 68 heavy (non-hydrogen) atoms. The van der Waals surface area contributed by atoms with Crippen molar-refractivity contribution < 1.29 is 64.7 Å².